The summed E-state index contributed by atoms with van der Waals surface area (Å²) in [5, 5.41) is 11.2. The molecule has 2 saturated carbocycles. The lowest BCUT2D eigenvalue weighted by Crippen LogP contribution is -2.67. The number of Topliss-reactive ketones (excluding diaryl/α,β-unsaturated/α-hetero) is 1. The van der Waals surface area contributed by atoms with Crippen molar-refractivity contribution in [1.29, 1.82) is 0 Å². The molecule has 9 heteroatoms. The van der Waals surface area contributed by atoms with Gasteiger partial charge in [0.1, 0.15) is 4.88 Å². The quantitative estimate of drug-likeness (QED) is 0.190. The monoisotopic (exact) mass is 761 g/mol. The van der Waals surface area contributed by atoms with Crippen LogP contribution in [0.3, 0.4) is 0 Å². The van der Waals surface area contributed by atoms with Crippen LogP contribution in [-0.2, 0) is 0 Å². The van der Waals surface area contributed by atoms with E-state index in [-0.39, 0.29) is 23.5 Å². The third-order valence-corrected chi connectivity index (χ3v) is 15.8. The lowest BCUT2D eigenvalue weighted by atomic mass is 9.65. The Morgan fingerprint density at radius 1 is 0.692 bits per heavy atom. The highest BCUT2D eigenvalue weighted by Crippen LogP contribution is 2.47. The number of carboxylic acids is 1. The minimum absolute atomic E-state index is 0. The molecule has 3 N–H and O–H groups in total. The van der Waals surface area contributed by atoms with Gasteiger partial charge < -0.3 is 10.8 Å². The Morgan fingerprint density at radius 2 is 1.15 bits per heavy atom. The summed E-state index contributed by atoms with van der Waals surface area (Å²) in [6.45, 7) is 14.2. The standard InChI is InChI=1S/C22H27NOS.C12H10O2S.C9H18N2.ClH/c1-22(2)18(15-7-9-23(22)10-8-15)13-19(24)21-12-17-11-16(14-3-4-14)5-6-20(17)25-21;13-12(14)11-6-9-5-8(7-1-2-7)3-4-10(9)15-11;1-9(2)8(10)7-3-5-11(9)6-4-7;/h5-6,11-12,14-15,18H,3-4,7-10,13H2,1-2H3;3-7H,1-2H2,(H,13,14);7-8H,3-6,10H2,1-2H3;1H/t18-;;8-;/m1.1./s1. The molecule has 8 heterocycles. The van der Waals surface area contributed by atoms with E-state index in [1.165, 1.54) is 110 Å². The number of benzene rings is 2. The highest BCUT2D eigenvalue weighted by Gasteiger charge is 2.48. The second-order valence-corrected chi connectivity index (χ2v) is 19.6. The summed E-state index contributed by atoms with van der Waals surface area (Å²) in [6, 6.07) is 17.4. The highest BCUT2D eigenvalue weighted by atomic mass is 35.5. The van der Waals surface area contributed by atoms with E-state index in [2.05, 4.69) is 73.9 Å². The average molecular weight is 763 g/mol. The molecule has 280 valence electrons. The second kappa shape index (κ2) is 14.7. The number of aromatic carboxylic acids is 1. The van der Waals surface area contributed by atoms with Gasteiger partial charge >= 0.3 is 5.97 Å². The number of fused-ring (bicyclic) bond motifs is 8. The first-order chi connectivity index (χ1) is 24.4. The average Bonchev–Trinajstić information content (AvgIpc) is 4.07. The molecule has 4 aromatic rings. The molecular weight excluding hydrogens is 706 g/mol. The van der Waals surface area contributed by atoms with Gasteiger partial charge in [0.05, 0.1) is 4.88 Å². The molecule has 12 rings (SSSR count). The van der Waals surface area contributed by atoms with Crippen LogP contribution in [0.5, 0.6) is 0 Å². The molecule has 6 nitrogen and oxygen atoms in total. The number of halogens is 1. The van der Waals surface area contributed by atoms with Gasteiger partial charge in [0.15, 0.2) is 5.78 Å². The van der Waals surface area contributed by atoms with Crippen molar-refractivity contribution >= 4 is 67.0 Å². The number of carboxylic acid groups (broad SMARTS) is 1. The fraction of sp³-hybridized carbons (Fsp3) is 0.581. The van der Waals surface area contributed by atoms with E-state index in [1.54, 1.807) is 17.4 Å². The number of hydrogen-bond donors (Lipinski definition) is 2. The molecule has 8 fully saturated rings. The zero-order valence-electron chi connectivity index (χ0n) is 31.2. The summed E-state index contributed by atoms with van der Waals surface area (Å²) < 4.78 is 2.33. The molecule has 2 aliphatic carbocycles. The summed E-state index contributed by atoms with van der Waals surface area (Å²) in [5.74, 6) is 3.08. The van der Waals surface area contributed by atoms with Crippen LogP contribution in [-0.4, -0.2) is 70.0 Å². The van der Waals surface area contributed by atoms with Crippen LogP contribution in [0.25, 0.3) is 20.2 Å². The molecule has 52 heavy (non-hydrogen) atoms. The van der Waals surface area contributed by atoms with Gasteiger partial charge in [0.25, 0.3) is 0 Å². The third kappa shape index (κ3) is 7.50. The molecule has 2 aromatic heterocycles. The molecule has 0 amide bonds. The predicted molar refractivity (Wildman–Crippen MR) is 219 cm³/mol. The normalized spacial score (nSPS) is 29.4. The molecule has 2 atom stereocenters. The van der Waals surface area contributed by atoms with E-state index < -0.39 is 5.97 Å². The summed E-state index contributed by atoms with van der Waals surface area (Å²) in [7, 11) is 0. The zero-order chi connectivity index (χ0) is 35.7. The van der Waals surface area contributed by atoms with Gasteiger partial charge in [0, 0.05) is 32.9 Å². The minimum atomic E-state index is -0.829. The summed E-state index contributed by atoms with van der Waals surface area (Å²) in [6.07, 6.45) is 11.1. The van der Waals surface area contributed by atoms with Crippen LogP contribution in [0.2, 0.25) is 0 Å². The number of nitrogens with zero attached hydrogens (tertiary/aromatic N) is 2. The number of piperidine rings is 6. The topological polar surface area (TPSA) is 86.9 Å². The van der Waals surface area contributed by atoms with E-state index in [9.17, 15) is 9.59 Å². The van der Waals surface area contributed by atoms with E-state index in [1.807, 2.05) is 6.07 Å². The van der Waals surface area contributed by atoms with Crippen molar-refractivity contribution < 1.29 is 14.7 Å². The lowest BCUT2D eigenvalue weighted by molar-refractivity contribution is -0.0643. The largest absolute Gasteiger partial charge is 0.477 e. The van der Waals surface area contributed by atoms with Crippen molar-refractivity contribution in [3.05, 3.63) is 69.4 Å². The maximum absolute atomic E-state index is 13.1. The van der Waals surface area contributed by atoms with Crippen molar-refractivity contribution in [2.24, 2.45) is 23.5 Å². The first-order valence-electron chi connectivity index (χ1n) is 19.5. The Kier molecular flexibility index (Phi) is 10.7. The van der Waals surface area contributed by atoms with E-state index in [4.69, 9.17) is 10.8 Å². The number of nitrogens with two attached hydrogens (primary N) is 1. The number of thiophene rings is 2. The molecule has 6 saturated heterocycles. The van der Waals surface area contributed by atoms with Gasteiger partial charge in [-0.25, -0.2) is 4.79 Å². The Morgan fingerprint density at radius 3 is 1.58 bits per heavy atom. The van der Waals surface area contributed by atoms with Crippen LogP contribution in [0, 0.1) is 17.8 Å². The molecule has 8 aliphatic rings. The Bertz CT molecular complexity index is 1920. The smallest absolute Gasteiger partial charge is 0.345 e. The van der Waals surface area contributed by atoms with E-state index in [0.717, 1.165) is 45.1 Å². The Labute approximate surface area is 323 Å². The zero-order valence-corrected chi connectivity index (χ0v) is 33.7. The SMILES string of the molecule is CC1(C)[C@H](CC(=O)c2cc3cc(C4CC4)ccc3s2)C2CCN1CC2.CC1(C)[C@H](N)C2CCN1CC2.Cl.O=C(O)c1cc2cc(C3CC3)ccc2s1. The number of ketones is 1. The summed E-state index contributed by atoms with van der Waals surface area (Å²) in [5.41, 5.74) is 9.41. The van der Waals surface area contributed by atoms with Gasteiger partial charge in [-0.15, -0.1) is 35.1 Å². The van der Waals surface area contributed by atoms with Crippen molar-refractivity contribution in [2.75, 3.05) is 26.2 Å². The van der Waals surface area contributed by atoms with Gasteiger partial charge in [0.2, 0.25) is 0 Å². The van der Waals surface area contributed by atoms with Crippen LogP contribution >= 0.6 is 35.1 Å². The van der Waals surface area contributed by atoms with Gasteiger partial charge in [-0.2, -0.15) is 0 Å². The van der Waals surface area contributed by atoms with Gasteiger partial charge in [-0.1, -0.05) is 24.3 Å². The van der Waals surface area contributed by atoms with Gasteiger partial charge in [-0.3, -0.25) is 14.6 Å². The molecule has 0 unspecified atom stereocenters. The molecule has 0 spiro atoms. The summed E-state index contributed by atoms with van der Waals surface area (Å²) >= 11 is 3.04. The van der Waals surface area contributed by atoms with Crippen LogP contribution in [0.4, 0.5) is 0 Å². The van der Waals surface area contributed by atoms with Crippen LogP contribution < -0.4 is 5.73 Å². The molecule has 4 bridgehead atoms. The first kappa shape index (κ1) is 38.0. The third-order valence-electron chi connectivity index (χ3n) is 13.6. The summed E-state index contributed by atoms with van der Waals surface area (Å²) in [4.78, 5) is 30.4. The second-order valence-electron chi connectivity index (χ2n) is 17.4. The molecule has 0 radical (unpaired) electrons. The molecular formula is C43H56ClN3O3S2. The Balaban J connectivity index is 0.000000132. The first-order valence-corrected chi connectivity index (χ1v) is 21.1. The van der Waals surface area contributed by atoms with Gasteiger partial charge in [-0.05, 0) is 181 Å². The van der Waals surface area contributed by atoms with Crippen molar-refractivity contribution in [2.45, 2.75) is 114 Å². The predicted octanol–water partition coefficient (Wildman–Crippen LogP) is 10.2. The van der Waals surface area contributed by atoms with Crippen molar-refractivity contribution in [3.63, 3.8) is 0 Å². The fourth-order valence-electron chi connectivity index (χ4n) is 9.74. The molecule has 6 aliphatic heterocycles. The van der Waals surface area contributed by atoms with Crippen molar-refractivity contribution in [1.82, 2.24) is 9.80 Å². The minimum Gasteiger partial charge on any atom is -0.477 e. The van der Waals surface area contributed by atoms with Crippen LogP contribution in [0.1, 0.15) is 128 Å². The van der Waals surface area contributed by atoms with Crippen LogP contribution in [0.15, 0.2) is 48.5 Å². The van der Waals surface area contributed by atoms with Crippen molar-refractivity contribution in [3.8, 4) is 0 Å². The lowest BCUT2D eigenvalue weighted by Gasteiger charge is -2.56. The number of rotatable bonds is 6. The highest BCUT2D eigenvalue weighted by molar-refractivity contribution is 7.21. The number of hydrogen-bond acceptors (Lipinski definition) is 7. The fourth-order valence-corrected chi connectivity index (χ4v) is 11.6. The van der Waals surface area contributed by atoms with E-state index in [0.29, 0.717) is 22.6 Å². The number of carbonyl (C=O) groups excluding carboxylic acids is 1. The number of carbonyl (C=O) groups is 2. The maximum atomic E-state index is 13.1. The Hall–Kier alpha value is -2.33. The van der Waals surface area contributed by atoms with E-state index >= 15 is 0 Å². The molecule has 2 aromatic carbocycles. The maximum Gasteiger partial charge on any atom is 0.345 e.